The highest BCUT2D eigenvalue weighted by molar-refractivity contribution is 9.10. The summed E-state index contributed by atoms with van der Waals surface area (Å²) in [6.45, 7) is 5.00. The van der Waals surface area contributed by atoms with E-state index in [0.29, 0.717) is 10.9 Å². The van der Waals surface area contributed by atoms with Crippen LogP contribution in [0.15, 0.2) is 56.7 Å². The molecule has 0 aliphatic rings. The summed E-state index contributed by atoms with van der Waals surface area (Å²) in [5.41, 5.74) is 1.17. The number of rotatable bonds is 5. The molecule has 1 nitrogen and oxygen atoms in total. The van der Waals surface area contributed by atoms with E-state index < -0.39 is 0 Å². The molecule has 1 N–H and O–H groups in total. The Hall–Kier alpha value is -0.840. The molecule has 0 radical (unpaired) electrons. The number of halogens is 2. The van der Waals surface area contributed by atoms with E-state index in [1.165, 1.54) is 23.4 Å². The zero-order valence-electron chi connectivity index (χ0n) is 11.5. The molecule has 0 amide bonds. The highest BCUT2D eigenvalue weighted by Gasteiger charge is 2.09. The molecule has 0 saturated heterocycles. The van der Waals surface area contributed by atoms with Crippen LogP contribution in [0, 0.1) is 5.82 Å². The molecular formula is C16H17BrFNS. The lowest BCUT2D eigenvalue weighted by molar-refractivity contribution is 0.584. The molecule has 2 aromatic rings. The Kier molecular flexibility index (Phi) is 5.64. The highest BCUT2D eigenvalue weighted by atomic mass is 79.9. The van der Waals surface area contributed by atoms with Crippen LogP contribution in [-0.4, -0.2) is 6.04 Å². The van der Waals surface area contributed by atoms with Gasteiger partial charge < -0.3 is 5.32 Å². The molecule has 106 valence electrons. The van der Waals surface area contributed by atoms with Crippen LogP contribution in [0.1, 0.15) is 19.4 Å². The molecule has 0 heterocycles. The van der Waals surface area contributed by atoms with Crippen molar-refractivity contribution in [2.24, 2.45) is 0 Å². The normalized spacial score (nSPS) is 11.1. The summed E-state index contributed by atoms with van der Waals surface area (Å²) < 4.78 is 14.8. The Morgan fingerprint density at radius 1 is 1.15 bits per heavy atom. The zero-order chi connectivity index (χ0) is 14.5. The third kappa shape index (κ3) is 4.33. The van der Waals surface area contributed by atoms with Gasteiger partial charge >= 0.3 is 0 Å². The number of benzene rings is 2. The standard InChI is InChI=1S/C16H17BrFNS/c1-11(2)19-10-12-9-13(17)7-8-15(12)20-16-6-4-3-5-14(16)18/h3-9,11,19H,10H2,1-2H3. The molecule has 0 fully saturated rings. The Labute approximate surface area is 132 Å². The van der Waals surface area contributed by atoms with E-state index in [9.17, 15) is 4.39 Å². The summed E-state index contributed by atoms with van der Waals surface area (Å²) in [4.78, 5) is 1.73. The minimum absolute atomic E-state index is 0.178. The molecule has 0 aliphatic heterocycles. The lowest BCUT2D eigenvalue weighted by Crippen LogP contribution is -2.22. The number of hydrogen-bond acceptors (Lipinski definition) is 2. The second-order valence-electron chi connectivity index (χ2n) is 4.82. The maximum atomic E-state index is 13.8. The van der Waals surface area contributed by atoms with Gasteiger partial charge in [0, 0.05) is 26.9 Å². The van der Waals surface area contributed by atoms with E-state index in [-0.39, 0.29) is 5.82 Å². The van der Waals surface area contributed by atoms with Crippen LogP contribution in [0.3, 0.4) is 0 Å². The molecule has 4 heteroatoms. The van der Waals surface area contributed by atoms with E-state index >= 15 is 0 Å². The van der Waals surface area contributed by atoms with E-state index in [4.69, 9.17) is 0 Å². The van der Waals surface area contributed by atoms with Crippen molar-refractivity contribution in [1.29, 1.82) is 0 Å². The molecule has 0 atom stereocenters. The Morgan fingerprint density at radius 2 is 1.90 bits per heavy atom. The summed E-state index contributed by atoms with van der Waals surface area (Å²) >= 11 is 4.96. The molecule has 0 unspecified atom stereocenters. The van der Waals surface area contributed by atoms with Crippen LogP contribution in [0.2, 0.25) is 0 Å². The first kappa shape index (κ1) is 15.5. The van der Waals surface area contributed by atoms with Gasteiger partial charge in [0.15, 0.2) is 0 Å². The van der Waals surface area contributed by atoms with Crippen LogP contribution in [-0.2, 0) is 6.54 Å². The van der Waals surface area contributed by atoms with Crippen molar-refractivity contribution in [3.63, 3.8) is 0 Å². The molecule has 0 saturated carbocycles. The second kappa shape index (κ2) is 7.25. The first-order valence-corrected chi connectivity index (χ1v) is 8.11. The van der Waals surface area contributed by atoms with Crippen LogP contribution in [0.5, 0.6) is 0 Å². The summed E-state index contributed by atoms with van der Waals surface area (Å²) in [6.07, 6.45) is 0. The van der Waals surface area contributed by atoms with E-state index in [2.05, 4.69) is 41.2 Å². The van der Waals surface area contributed by atoms with Gasteiger partial charge in [0.25, 0.3) is 0 Å². The number of nitrogens with one attached hydrogen (secondary N) is 1. The minimum Gasteiger partial charge on any atom is -0.310 e. The van der Waals surface area contributed by atoms with Gasteiger partial charge in [0.1, 0.15) is 5.82 Å². The van der Waals surface area contributed by atoms with Gasteiger partial charge in [0.2, 0.25) is 0 Å². The van der Waals surface area contributed by atoms with Crippen molar-refractivity contribution in [3.05, 3.63) is 58.3 Å². The molecule has 20 heavy (non-hydrogen) atoms. The molecule has 0 spiro atoms. The predicted molar refractivity (Wildman–Crippen MR) is 86.6 cm³/mol. The monoisotopic (exact) mass is 353 g/mol. The van der Waals surface area contributed by atoms with Gasteiger partial charge in [-0.2, -0.15) is 0 Å². The van der Waals surface area contributed by atoms with Crippen LogP contribution < -0.4 is 5.32 Å². The molecular weight excluding hydrogens is 337 g/mol. The average molecular weight is 354 g/mol. The van der Waals surface area contributed by atoms with E-state index in [1.54, 1.807) is 6.07 Å². The van der Waals surface area contributed by atoms with E-state index in [0.717, 1.165) is 15.9 Å². The van der Waals surface area contributed by atoms with E-state index in [1.807, 2.05) is 24.3 Å². The van der Waals surface area contributed by atoms with Gasteiger partial charge in [-0.15, -0.1) is 0 Å². The number of hydrogen-bond donors (Lipinski definition) is 1. The minimum atomic E-state index is -0.178. The predicted octanol–water partition coefficient (Wildman–Crippen LogP) is 5.24. The van der Waals surface area contributed by atoms with Crippen LogP contribution in [0.25, 0.3) is 0 Å². The first-order chi connectivity index (χ1) is 9.56. The summed E-state index contributed by atoms with van der Waals surface area (Å²) in [6, 6.07) is 13.4. The highest BCUT2D eigenvalue weighted by Crippen LogP contribution is 2.33. The van der Waals surface area contributed by atoms with Gasteiger partial charge in [-0.1, -0.05) is 53.7 Å². The fraction of sp³-hybridized carbons (Fsp3) is 0.250. The fourth-order valence-corrected chi connectivity index (χ4v) is 3.10. The second-order valence-corrected chi connectivity index (χ2v) is 6.82. The van der Waals surface area contributed by atoms with Crippen LogP contribution >= 0.6 is 27.7 Å². The molecule has 2 aromatic carbocycles. The lowest BCUT2D eigenvalue weighted by Gasteiger charge is -2.13. The molecule has 2 rings (SSSR count). The summed E-state index contributed by atoms with van der Waals surface area (Å²) in [5, 5.41) is 3.40. The Morgan fingerprint density at radius 3 is 2.60 bits per heavy atom. The topological polar surface area (TPSA) is 12.0 Å². The van der Waals surface area contributed by atoms with Gasteiger partial charge in [-0.05, 0) is 35.9 Å². The SMILES string of the molecule is CC(C)NCc1cc(Br)ccc1Sc1ccccc1F. The Balaban J connectivity index is 2.24. The third-order valence-electron chi connectivity index (χ3n) is 2.78. The lowest BCUT2D eigenvalue weighted by atomic mass is 10.2. The zero-order valence-corrected chi connectivity index (χ0v) is 13.9. The van der Waals surface area contributed by atoms with Gasteiger partial charge in [0.05, 0.1) is 0 Å². The maximum absolute atomic E-state index is 13.8. The largest absolute Gasteiger partial charge is 0.310 e. The van der Waals surface area contributed by atoms with Crippen molar-refractivity contribution < 1.29 is 4.39 Å². The molecule has 0 aromatic heterocycles. The summed E-state index contributed by atoms with van der Waals surface area (Å²) in [7, 11) is 0. The van der Waals surface area contributed by atoms with Crippen LogP contribution in [0.4, 0.5) is 4.39 Å². The smallest absolute Gasteiger partial charge is 0.137 e. The van der Waals surface area contributed by atoms with Crippen molar-refractivity contribution >= 4 is 27.7 Å². The van der Waals surface area contributed by atoms with Gasteiger partial charge in [-0.3, -0.25) is 0 Å². The third-order valence-corrected chi connectivity index (χ3v) is 4.44. The molecule has 0 aliphatic carbocycles. The quantitative estimate of drug-likeness (QED) is 0.788. The average Bonchev–Trinajstić information content (AvgIpc) is 2.41. The Bertz CT molecular complexity index is 586. The maximum Gasteiger partial charge on any atom is 0.137 e. The first-order valence-electron chi connectivity index (χ1n) is 6.50. The molecule has 0 bridgehead atoms. The fourth-order valence-electron chi connectivity index (χ4n) is 1.75. The van der Waals surface area contributed by atoms with Gasteiger partial charge in [-0.25, -0.2) is 4.39 Å². The van der Waals surface area contributed by atoms with Crippen molar-refractivity contribution in [3.8, 4) is 0 Å². The summed E-state index contributed by atoms with van der Waals surface area (Å²) in [5.74, 6) is -0.178. The van der Waals surface area contributed by atoms with Crippen molar-refractivity contribution in [2.75, 3.05) is 0 Å². The van der Waals surface area contributed by atoms with Crippen molar-refractivity contribution in [2.45, 2.75) is 36.2 Å². The van der Waals surface area contributed by atoms with Crippen molar-refractivity contribution in [1.82, 2.24) is 5.32 Å².